The van der Waals surface area contributed by atoms with Crippen LogP contribution in [-0.2, 0) is 7.05 Å². The molecule has 0 bridgehead atoms. The molecule has 0 saturated heterocycles. The quantitative estimate of drug-likeness (QED) is 0.540. The molecule has 0 radical (unpaired) electrons. The summed E-state index contributed by atoms with van der Waals surface area (Å²) in [6.07, 6.45) is 0. The van der Waals surface area contributed by atoms with Gasteiger partial charge >= 0.3 is 0 Å². The minimum atomic E-state index is -0.819. The van der Waals surface area contributed by atoms with Crippen molar-refractivity contribution in [3.05, 3.63) is 35.2 Å². The van der Waals surface area contributed by atoms with Gasteiger partial charge < -0.3 is 22.3 Å². The molecular weight excluding hydrogens is 324 g/mol. The Morgan fingerprint density at radius 3 is 2.40 bits per heavy atom. The van der Waals surface area contributed by atoms with E-state index in [4.69, 9.17) is 17.2 Å². The maximum Gasteiger partial charge on any atom is 0.269 e. The molecule has 0 unspecified atom stereocenters. The Hall–Kier alpha value is -3.62. The molecule has 0 saturated carbocycles. The fourth-order valence-corrected chi connectivity index (χ4v) is 2.83. The number of benzene rings is 1. The van der Waals surface area contributed by atoms with Crippen molar-refractivity contribution in [3.63, 3.8) is 0 Å². The topological polar surface area (TPSA) is 163 Å². The van der Waals surface area contributed by atoms with Gasteiger partial charge in [0.05, 0.1) is 11.1 Å². The second-order valence-corrected chi connectivity index (χ2v) is 5.60. The van der Waals surface area contributed by atoms with Gasteiger partial charge in [-0.05, 0) is 24.1 Å². The molecule has 0 aliphatic rings. The van der Waals surface area contributed by atoms with Gasteiger partial charge in [0.2, 0.25) is 0 Å². The fourth-order valence-electron chi connectivity index (χ4n) is 2.83. The number of hydrogen-bond donors (Lipinski definition) is 4. The van der Waals surface area contributed by atoms with Crippen LogP contribution in [0.1, 0.15) is 26.5 Å². The zero-order chi connectivity index (χ0) is 18.5. The molecule has 0 aliphatic heterocycles. The lowest BCUT2D eigenvalue weighted by atomic mass is 9.94. The number of amides is 2. The minimum Gasteiger partial charge on any atom is -0.508 e. The van der Waals surface area contributed by atoms with E-state index in [1.54, 1.807) is 26.1 Å². The second kappa shape index (κ2) is 5.48. The zero-order valence-corrected chi connectivity index (χ0v) is 13.6. The summed E-state index contributed by atoms with van der Waals surface area (Å²) in [6.45, 7) is 1.68. The maximum absolute atomic E-state index is 11.8. The van der Waals surface area contributed by atoms with Gasteiger partial charge in [0.25, 0.3) is 11.8 Å². The number of nitrogens with two attached hydrogens (primary N) is 3. The lowest BCUT2D eigenvalue weighted by Gasteiger charge is -2.14. The molecule has 25 heavy (non-hydrogen) atoms. The molecule has 2 heterocycles. The van der Waals surface area contributed by atoms with Gasteiger partial charge in [-0.3, -0.25) is 9.59 Å². The molecule has 0 atom stereocenters. The third-order valence-corrected chi connectivity index (χ3v) is 4.05. The van der Waals surface area contributed by atoms with Crippen molar-refractivity contribution in [1.29, 1.82) is 0 Å². The lowest BCUT2D eigenvalue weighted by molar-refractivity contribution is 0.0988. The second-order valence-electron chi connectivity index (χ2n) is 5.60. The molecule has 9 nitrogen and oxygen atoms in total. The van der Waals surface area contributed by atoms with Crippen LogP contribution in [0.25, 0.3) is 22.2 Å². The normalized spacial score (nSPS) is 11.0. The number of aromatic hydroxyl groups is 1. The number of nitrogens with zero attached hydrogens (tertiary/aromatic N) is 3. The number of anilines is 1. The first kappa shape index (κ1) is 16.2. The summed E-state index contributed by atoms with van der Waals surface area (Å²) < 4.78 is 1.32. The molecule has 3 rings (SSSR count). The summed E-state index contributed by atoms with van der Waals surface area (Å²) in [5.41, 5.74) is 18.4. The molecular formula is C16H16N6O3. The molecule has 128 valence electrons. The molecule has 9 heteroatoms. The van der Waals surface area contributed by atoms with E-state index in [9.17, 15) is 14.7 Å². The van der Waals surface area contributed by atoms with Gasteiger partial charge in [-0.2, -0.15) is 5.10 Å². The number of primary amides is 2. The van der Waals surface area contributed by atoms with Crippen LogP contribution in [0.3, 0.4) is 0 Å². The smallest absolute Gasteiger partial charge is 0.269 e. The van der Waals surface area contributed by atoms with Crippen molar-refractivity contribution in [1.82, 2.24) is 14.8 Å². The van der Waals surface area contributed by atoms with Gasteiger partial charge in [0.1, 0.15) is 5.75 Å². The number of nitrogen functional groups attached to an aromatic ring is 1. The highest BCUT2D eigenvalue weighted by atomic mass is 16.3. The van der Waals surface area contributed by atoms with Crippen LogP contribution in [0, 0.1) is 6.92 Å². The number of fused-ring (bicyclic) bond motifs is 1. The monoisotopic (exact) mass is 340 g/mol. The van der Waals surface area contributed by atoms with Crippen LogP contribution < -0.4 is 17.2 Å². The minimum absolute atomic E-state index is 0.01000. The number of carbonyl (C=O) groups excluding carboxylic acids is 2. The van der Waals surface area contributed by atoms with E-state index in [1.165, 1.54) is 10.7 Å². The number of aryl methyl sites for hydroxylation is 1. The molecule has 2 aromatic heterocycles. The van der Waals surface area contributed by atoms with Crippen molar-refractivity contribution < 1.29 is 14.7 Å². The number of phenolic OH excluding ortho intramolecular Hbond substituents is 1. The van der Waals surface area contributed by atoms with E-state index >= 15 is 0 Å². The van der Waals surface area contributed by atoms with E-state index in [0.717, 1.165) is 0 Å². The summed E-state index contributed by atoms with van der Waals surface area (Å²) in [6, 6.07) is 4.83. The van der Waals surface area contributed by atoms with Crippen LogP contribution in [0.15, 0.2) is 18.2 Å². The van der Waals surface area contributed by atoms with Crippen molar-refractivity contribution in [3.8, 4) is 16.9 Å². The van der Waals surface area contributed by atoms with Crippen molar-refractivity contribution in [2.24, 2.45) is 18.5 Å². The number of phenols is 1. The number of aromatic nitrogens is 3. The van der Waals surface area contributed by atoms with Gasteiger partial charge in [-0.15, -0.1) is 0 Å². The molecule has 0 fully saturated rings. The lowest BCUT2D eigenvalue weighted by Crippen LogP contribution is -2.17. The molecule has 7 N–H and O–H groups in total. The first-order valence-corrected chi connectivity index (χ1v) is 7.28. The SMILES string of the molecule is Cc1c(O)cccc1-c1c(N)c(C(N)=O)nc2c1c(C(N)=O)nn2C. The Morgan fingerprint density at radius 1 is 1.16 bits per heavy atom. The van der Waals surface area contributed by atoms with Gasteiger partial charge in [-0.1, -0.05) is 12.1 Å². The van der Waals surface area contributed by atoms with Gasteiger partial charge in [0.15, 0.2) is 17.0 Å². The van der Waals surface area contributed by atoms with Crippen LogP contribution in [0.2, 0.25) is 0 Å². The summed E-state index contributed by atoms with van der Waals surface area (Å²) in [7, 11) is 1.56. The average molecular weight is 340 g/mol. The van der Waals surface area contributed by atoms with Crippen molar-refractivity contribution in [2.45, 2.75) is 6.92 Å². The third-order valence-electron chi connectivity index (χ3n) is 4.05. The summed E-state index contributed by atoms with van der Waals surface area (Å²) >= 11 is 0. The highest BCUT2D eigenvalue weighted by Gasteiger charge is 2.26. The van der Waals surface area contributed by atoms with Gasteiger partial charge in [-0.25, -0.2) is 9.67 Å². The summed E-state index contributed by atoms with van der Waals surface area (Å²) in [5.74, 6) is -1.55. The molecule has 3 aromatic rings. The fraction of sp³-hybridized carbons (Fsp3) is 0.125. The zero-order valence-electron chi connectivity index (χ0n) is 13.6. The molecule has 0 spiro atoms. The maximum atomic E-state index is 11.8. The Morgan fingerprint density at radius 2 is 1.80 bits per heavy atom. The Kier molecular flexibility index (Phi) is 3.56. The van der Waals surface area contributed by atoms with E-state index in [2.05, 4.69) is 10.1 Å². The van der Waals surface area contributed by atoms with Crippen LogP contribution in [0.4, 0.5) is 5.69 Å². The van der Waals surface area contributed by atoms with Gasteiger partial charge in [0, 0.05) is 12.6 Å². The number of hydrogen-bond acceptors (Lipinski definition) is 6. The summed E-state index contributed by atoms with van der Waals surface area (Å²) in [4.78, 5) is 27.7. The van der Waals surface area contributed by atoms with E-state index in [0.29, 0.717) is 22.1 Å². The van der Waals surface area contributed by atoms with Crippen molar-refractivity contribution in [2.75, 3.05) is 5.73 Å². The predicted molar refractivity (Wildman–Crippen MR) is 91.8 cm³/mol. The van der Waals surface area contributed by atoms with E-state index < -0.39 is 11.8 Å². The largest absolute Gasteiger partial charge is 0.508 e. The molecule has 0 aliphatic carbocycles. The Balaban J connectivity index is 2.59. The number of rotatable bonds is 3. The van der Waals surface area contributed by atoms with Crippen LogP contribution in [0.5, 0.6) is 5.75 Å². The number of pyridine rings is 1. The average Bonchev–Trinajstić information content (AvgIpc) is 2.87. The first-order valence-electron chi connectivity index (χ1n) is 7.28. The van der Waals surface area contributed by atoms with Crippen LogP contribution in [-0.4, -0.2) is 31.7 Å². The van der Waals surface area contributed by atoms with E-state index in [-0.39, 0.29) is 28.5 Å². The standard InChI is InChI=1S/C16H16N6O3/c1-6-7(4-3-5-8(6)23)9-10-12(14(18)24)21-22(2)16(10)20-13(11(9)17)15(19)25/h3-5,23H,17H2,1-2H3,(H2,18,24)(H2,19,25). The van der Waals surface area contributed by atoms with E-state index in [1.807, 2.05) is 0 Å². The third kappa shape index (κ3) is 2.33. The Bertz CT molecular complexity index is 1050. The van der Waals surface area contributed by atoms with Crippen LogP contribution >= 0.6 is 0 Å². The molecule has 2 amide bonds. The first-order chi connectivity index (χ1) is 11.7. The highest BCUT2D eigenvalue weighted by Crippen LogP contribution is 2.40. The Labute approximate surface area is 142 Å². The van der Waals surface area contributed by atoms with Crippen molar-refractivity contribution >= 4 is 28.5 Å². The highest BCUT2D eigenvalue weighted by molar-refractivity contribution is 6.15. The predicted octanol–water partition coefficient (Wildman–Crippen LogP) is 0.429. The number of carbonyl (C=O) groups is 2. The molecule has 1 aromatic carbocycles. The summed E-state index contributed by atoms with van der Waals surface area (Å²) in [5, 5.41) is 14.4.